The van der Waals surface area contributed by atoms with E-state index in [4.69, 9.17) is 4.74 Å². The van der Waals surface area contributed by atoms with Crippen LogP contribution in [0.3, 0.4) is 0 Å². The summed E-state index contributed by atoms with van der Waals surface area (Å²) < 4.78 is 6.81. The monoisotopic (exact) mass is 210 g/mol. The van der Waals surface area contributed by atoms with E-state index >= 15 is 0 Å². The molecule has 6 heteroatoms. The minimum absolute atomic E-state index is 0.107. The number of rotatable bonds is 3. The fourth-order valence-electron chi connectivity index (χ4n) is 1.55. The summed E-state index contributed by atoms with van der Waals surface area (Å²) in [6.45, 7) is 1.87. The first kappa shape index (κ1) is 10.3. The number of nitrogens with zero attached hydrogens (tertiary/aromatic N) is 3. The number of nitrogens with one attached hydrogen (secondary N) is 1. The first-order valence-corrected chi connectivity index (χ1v) is 4.95. The zero-order valence-electron chi connectivity index (χ0n) is 8.64. The highest BCUT2D eigenvalue weighted by molar-refractivity contribution is 5.85. The smallest absolute Gasteiger partial charge is 0.158 e. The summed E-state index contributed by atoms with van der Waals surface area (Å²) in [6, 6.07) is -0.194. The minimum atomic E-state index is -0.194. The fourth-order valence-corrected chi connectivity index (χ4v) is 1.55. The number of aromatic nitrogens is 3. The molecule has 1 aliphatic rings. The molecule has 82 valence electrons. The van der Waals surface area contributed by atoms with Gasteiger partial charge in [-0.2, -0.15) is 0 Å². The van der Waals surface area contributed by atoms with E-state index in [-0.39, 0.29) is 11.8 Å². The first-order chi connectivity index (χ1) is 7.25. The maximum Gasteiger partial charge on any atom is 0.158 e. The van der Waals surface area contributed by atoms with Crippen molar-refractivity contribution in [2.45, 2.75) is 12.5 Å². The van der Waals surface area contributed by atoms with Gasteiger partial charge in [0.15, 0.2) is 5.78 Å². The Morgan fingerprint density at radius 3 is 3.27 bits per heavy atom. The zero-order chi connectivity index (χ0) is 10.7. The van der Waals surface area contributed by atoms with E-state index in [2.05, 4.69) is 15.6 Å². The molecule has 0 aliphatic carbocycles. The second-order valence-electron chi connectivity index (χ2n) is 3.61. The van der Waals surface area contributed by atoms with E-state index in [1.165, 1.54) is 0 Å². The third-order valence-electron chi connectivity index (χ3n) is 2.32. The van der Waals surface area contributed by atoms with Gasteiger partial charge in [0.2, 0.25) is 0 Å². The van der Waals surface area contributed by atoms with Crippen LogP contribution in [0.15, 0.2) is 6.20 Å². The van der Waals surface area contributed by atoms with E-state index in [9.17, 15) is 4.79 Å². The van der Waals surface area contributed by atoms with Crippen molar-refractivity contribution in [1.29, 1.82) is 0 Å². The number of carbonyl (C=O) groups is 1. The Labute approximate surface area is 87.6 Å². The molecule has 1 saturated heterocycles. The molecule has 0 bridgehead atoms. The number of Topliss-reactive ketones (excluding diaryl/α,β-unsaturated/α-hetero) is 1. The van der Waals surface area contributed by atoms with Crippen LogP contribution in [-0.4, -0.2) is 46.6 Å². The maximum absolute atomic E-state index is 11.8. The zero-order valence-corrected chi connectivity index (χ0v) is 8.64. The molecule has 1 fully saturated rings. The van der Waals surface area contributed by atoms with Crippen LogP contribution in [0.2, 0.25) is 0 Å². The Kier molecular flexibility index (Phi) is 3.08. The highest BCUT2D eigenvalue weighted by Crippen LogP contribution is 2.00. The van der Waals surface area contributed by atoms with E-state index < -0.39 is 0 Å². The Morgan fingerprint density at radius 2 is 2.67 bits per heavy atom. The summed E-state index contributed by atoms with van der Waals surface area (Å²) in [5.41, 5.74) is 0.704. The molecule has 0 amide bonds. The molecule has 0 saturated carbocycles. The number of hydrogen-bond donors (Lipinski definition) is 1. The Hall–Kier alpha value is -1.27. The predicted molar refractivity (Wildman–Crippen MR) is 52.3 cm³/mol. The van der Waals surface area contributed by atoms with Gasteiger partial charge in [0, 0.05) is 19.8 Å². The van der Waals surface area contributed by atoms with Crippen molar-refractivity contribution in [2.24, 2.45) is 7.05 Å². The van der Waals surface area contributed by atoms with E-state index in [1.807, 2.05) is 0 Å². The molecule has 0 spiro atoms. The third-order valence-corrected chi connectivity index (χ3v) is 2.32. The molecule has 15 heavy (non-hydrogen) atoms. The van der Waals surface area contributed by atoms with Gasteiger partial charge in [-0.25, -0.2) is 0 Å². The SMILES string of the molecule is Cn1cc(CC(=O)C2COCCN2)nn1. The van der Waals surface area contributed by atoms with Crippen molar-refractivity contribution in [3.63, 3.8) is 0 Å². The van der Waals surface area contributed by atoms with Gasteiger partial charge in [-0.1, -0.05) is 5.21 Å². The highest BCUT2D eigenvalue weighted by atomic mass is 16.5. The molecule has 1 atom stereocenters. The lowest BCUT2D eigenvalue weighted by atomic mass is 10.1. The van der Waals surface area contributed by atoms with Gasteiger partial charge in [-0.05, 0) is 0 Å². The van der Waals surface area contributed by atoms with E-state index in [1.54, 1.807) is 17.9 Å². The van der Waals surface area contributed by atoms with Gasteiger partial charge in [0.25, 0.3) is 0 Å². The van der Waals surface area contributed by atoms with E-state index in [0.717, 1.165) is 6.54 Å². The van der Waals surface area contributed by atoms with Gasteiger partial charge in [-0.3, -0.25) is 9.48 Å². The summed E-state index contributed by atoms with van der Waals surface area (Å²) in [5, 5.41) is 10.8. The molecule has 6 nitrogen and oxygen atoms in total. The molecule has 1 N–H and O–H groups in total. The Balaban J connectivity index is 1.91. The highest BCUT2D eigenvalue weighted by Gasteiger charge is 2.21. The van der Waals surface area contributed by atoms with Crippen LogP contribution < -0.4 is 5.32 Å². The van der Waals surface area contributed by atoms with Crippen molar-refractivity contribution in [2.75, 3.05) is 19.8 Å². The molecule has 1 aliphatic heterocycles. The molecule has 0 aromatic carbocycles. The molecule has 1 aromatic rings. The Morgan fingerprint density at radius 1 is 1.80 bits per heavy atom. The predicted octanol–water partition coefficient (Wildman–Crippen LogP) is -1.08. The summed E-state index contributed by atoms with van der Waals surface area (Å²) in [5.74, 6) is 0.107. The van der Waals surface area contributed by atoms with Crippen molar-refractivity contribution in [3.8, 4) is 0 Å². The topological polar surface area (TPSA) is 69.0 Å². The molecular weight excluding hydrogens is 196 g/mol. The van der Waals surface area contributed by atoms with Crippen molar-refractivity contribution in [3.05, 3.63) is 11.9 Å². The van der Waals surface area contributed by atoms with Gasteiger partial charge >= 0.3 is 0 Å². The molecule has 1 unspecified atom stereocenters. The molecular formula is C9H14N4O2. The Bertz CT molecular complexity index is 344. The van der Waals surface area contributed by atoms with Crippen molar-refractivity contribution in [1.82, 2.24) is 20.3 Å². The van der Waals surface area contributed by atoms with Crippen LogP contribution in [0.1, 0.15) is 5.69 Å². The number of aryl methyl sites for hydroxylation is 1. The number of carbonyl (C=O) groups excluding carboxylic acids is 1. The largest absolute Gasteiger partial charge is 0.378 e. The fraction of sp³-hybridized carbons (Fsp3) is 0.667. The van der Waals surface area contributed by atoms with Crippen LogP contribution in [0.5, 0.6) is 0 Å². The van der Waals surface area contributed by atoms with Gasteiger partial charge in [-0.15, -0.1) is 5.10 Å². The number of ketones is 1. The normalized spacial score (nSPS) is 21.5. The lowest BCUT2D eigenvalue weighted by Gasteiger charge is -2.22. The van der Waals surface area contributed by atoms with Crippen molar-refractivity contribution < 1.29 is 9.53 Å². The van der Waals surface area contributed by atoms with Crippen LogP contribution in [0, 0.1) is 0 Å². The summed E-state index contributed by atoms with van der Waals surface area (Å²) in [7, 11) is 1.78. The molecule has 2 rings (SSSR count). The number of ether oxygens (including phenoxy) is 1. The van der Waals surface area contributed by atoms with E-state index in [0.29, 0.717) is 25.3 Å². The van der Waals surface area contributed by atoms with Gasteiger partial charge < -0.3 is 10.1 Å². The summed E-state index contributed by atoms with van der Waals surface area (Å²) in [6.07, 6.45) is 2.07. The van der Waals surface area contributed by atoms with Gasteiger partial charge in [0.05, 0.1) is 31.4 Å². The molecule has 1 aromatic heterocycles. The molecule has 2 heterocycles. The standard InChI is InChI=1S/C9H14N4O2/c1-13-5-7(11-12-13)4-9(14)8-6-15-3-2-10-8/h5,8,10H,2-4,6H2,1H3. The quantitative estimate of drug-likeness (QED) is 0.687. The third kappa shape index (κ3) is 2.60. The van der Waals surface area contributed by atoms with Crippen LogP contribution in [0.25, 0.3) is 0 Å². The first-order valence-electron chi connectivity index (χ1n) is 4.95. The van der Waals surface area contributed by atoms with Crippen LogP contribution in [0.4, 0.5) is 0 Å². The van der Waals surface area contributed by atoms with Crippen LogP contribution >= 0.6 is 0 Å². The average molecular weight is 210 g/mol. The summed E-state index contributed by atoms with van der Waals surface area (Å²) >= 11 is 0. The number of morpholine rings is 1. The van der Waals surface area contributed by atoms with Crippen LogP contribution in [-0.2, 0) is 23.0 Å². The second-order valence-corrected chi connectivity index (χ2v) is 3.61. The molecule has 0 radical (unpaired) electrons. The lowest BCUT2D eigenvalue weighted by Crippen LogP contribution is -2.47. The lowest BCUT2D eigenvalue weighted by molar-refractivity contribution is -0.123. The van der Waals surface area contributed by atoms with Gasteiger partial charge in [0.1, 0.15) is 0 Å². The second kappa shape index (κ2) is 4.50. The maximum atomic E-state index is 11.8. The summed E-state index contributed by atoms with van der Waals surface area (Å²) in [4.78, 5) is 11.8. The minimum Gasteiger partial charge on any atom is -0.378 e. The average Bonchev–Trinajstić information content (AvgIpc) is 2.65. The van der Waals surface area contributed by atoms with Crippen molar-refractivity contribution >= 4 is 5.78 Å². The number of hydrogen-bond acceptors (Lipinski definition) is 5.